The van der Waals surface area contributed by atoms with Crippen LogP contribution in [0.2, 0.25) is 0 Å². The predicted octanol–water partition coefficient (Wildman–Crippen LogP) is 4.21. The lowest BCUT2D eigenvalue weighted by Crippen LogP contribution is -2.00. The van der Waals surface area contributed by atoms with Gasteiger partial charge >= 0.3 is 0 Å². The summed E-state index contributed by atoms with van der Waals surface area (Å²) in [6.45, 7) is 1.43. The van der Waals surface area contributed by atoms with Crippen LogP contribution in [0.3, 0.4) is 0 Å². The topological polar surface area (TPSA) is 52.0 Å². The van der Waals surface area contributed by atoms with E-state index in [2.05, 4.69) is 36.4 Å². The van der Waals surface area contributed by atoms with Gasteiger partial charge < -0.3 is 11.5 Å². The monoisotopic (exact) mass is 334 g/mol. The molecule has 4 N–H and O–H groups in total. The van der Waals surface area contributed by atoms with Crippen molar-refractivity contribution in [2.24, 2.45) is 11.5 Å². The van der Waals surface area contributed by atoms with Gasteiger partial charge in [0.05, 0.1) is 0 Å². The van der Waals surface area contributed by atoms with Gasteiger partial charge in [-0.25, -0.2) is 0 Å². The van der Waals surface area contributed by atoms with Gasteiger partial charge in [-0.3, -0.25) is 0 Å². The third-order valence-corrected chi connectivity index (χ3v) is 6.96. The summed E-state index contributed by atoms with van der Waals surface area (Å²) in [7, 11) is 0. The Hall–Kier alpha value is -0.980. The first-order valence-corrected chi connectivity index (χ1v) is 9.43. The van der Waals surface area contributed by atoms with Crippen molar-refractivity contribution in [1.82, 2.24) is 0 Å². The molecule has 0 unspecified atom stereocenters. The highest BCUT2D eigenvalue weighted by Gasteiger charge is 2.09. The molecular weight excluding hydrogens is 316 g/mol. The smallest absolute Gasteiger partial charge is 0.0449 e. The van der Waals surface area contributed by atoms with Crippen molar-refractivity contribution in [3.8, 4) is 19.5 Å². The Bertz CT molecular complexity index is 650. The number of hydrogen-bond acceptors (Lipinski definition) is 5. The van der Waals surface area contributed by atoms with Crippen LogP contribution in [0, 0.1) is 0 Å². The molecule has 110 valence electrons. The lowest BCUT2D eigenvalue weighted by molar-refractivity contribution is 0.989. The number of rotatable bonds is 6. The van der Waals surface area contributed by atoms with Crippen LogP contribution in [-0.4, -0.2) is 13.1 Å². The van der Waals surface area contributed by atoms with E-state index >= 15 is 0 Å². The van der Waals surface area contributed by atoms with E-state index in [9.17, 15) is 0 Å². The first kappa shape index (κ1) is 14.9. The van der Waals surface area contributed by atoms with Crippen molar-refractivity contribution >= 4 is 34.0 Å². The number of hydrogen-bond donors (Lipinski definition) is 2. The maximum atomic E-state index is 5.62. The molecule has 3 heterocycles. The van der Waals surface area contributed by atoms with Crippen molar-refractivity contribution in [3.05, 3.63) is 46.2 Å². The summed E-state index contributed by atoms with van der Waals surface area (Å²) in [6.07, 6.45) is 1.94. The van der Waals surface area contributed by atoms with Crippen molar-refractivity contribution in [2.75, 3.05) is 13.1 Å². The quantitative estimate of drug-likeness (QED) is 0.709. The van der Waals surface area contributed by atoms with Gasteiger partial charge in [0.1, 0.15) is 0 Å². The van der Waals surface area contributed by atoms with E-state index in [0.717, 1.165) is 25.9 Å². The molecule has 0 atom stereocenters. The highest BCUT2D eigenvalue weighted by atomic mass is 32.1. The maximum absolute atomic E-state index is 5.62. The molecule has 0 saturated heterocycles. The molecule has 0 amide bonds. The average Bonchev–Trinajstić information content (AvgIpc) is 3.18. The molecule has 21 heavy (non-hydrogen) atoms. The van der Waals surface area contributed by atoms with Crippen LogP contribution in [0.4, 0.5) is 0 Å². The molecule has 0 spiro atoms. The summed E-state index contributed by atoms with van der Waals surface area (Å²) < 4.78 is 0. The largest absolute Gasteiger partial charge is 0.330 e. The first-order valence-electron chi connectivity index (χ1n) is 6.98. The van der Waals surface area contributed by atoms with Crippen LogP contribution in [-0.2, 0) is 12.8 Å². The normalized spacial score (nSPS) is 11.1. The molecule has 0 aliphatic carbocycles. The molecule has 3 aromatic rings. The molecule has 0 aromatic carbocycles. The van der Waals surface area contributed by atoms with E-state index in [4.69, 9.17) is 11.5 Å². The predicted molar refractivity (Wildman–Crippen MR) is 96.5 cm³/mol. The fraction of sp³-hybridized carbons (Fsp3) is 0.250. The van der Waals surface area contributed by atoms with E-state index in [1.54, 1.807) is 0 Å². The van der Waals surface area contributed by atoms with E-state index in [0.29, 0.717) is 0 Å². The highest BCUT2D eigenvalue weighted by molar-refractivity contribution is 7.26. The zero-order valence-electron chi connectivity index (χ0n) is 11.7. The van der Waals surface area contributed by atoms with Crippen LogP contribution in [0.25, 0.3) is 19.5 Å². The Labute approximate surface area is 137 Å². The van der Waals surface area contributed by atoms with Gasteiger partial charge in [-0.1, -0.05) is 0 Å². The van der Waals surface area contributed by atoms with Crippen molar-refractivity contribution < 1.29 is 0 Å². The molecule has 0 fully saturated rings. The third-order valence-electron chi connectivity index (χ3n) is 3.20. The SMILES string of the molecule is NCCc1ccc(-c2ccc(-c3ccc(CCN)s3)s2)s1. The number of nitrogens with two attached hydrogens (primary N) is 2. The Kier molecular flexibility index (Phi) is 4.87. The Morgan fingerprint density at radius 3 is 1.38 bits per heavy atom. The second-order valence-electron chi connectivity index (χ2n) is 4.77. The van der Waals surface area contributed by atoms with Gasteiger partial charge in [-0.05, 0) is 62.3 Å². The summed E-state index contributed by atoms with van der Waals surface area (Å²) in [4.78, 5) is 8.09. The summed E-state index contributed by atoms with van der Waals surface area (Å²) in [5, 5.41) is 0. The van der Waals surface area contributed by atoms with Crippen molar-refractivity contribution in [1.29, 1.82) is 0 Å². The zero-order valence-corrected chi connectivity index (χ0v) is 14.1. The van der Waals surface area contributed by atoms with Crippen LogP contribution in [0.15, 0.2) is 36.4 Å². The highest BCUT2D eigenvalue weighted by Crippen LogP contribution is 2.39. The van der Waals surface area contributed by atoms with Gasteiger partial charge in [-0.15, -0.1) is 34.0 Å². The molecule has 0 aliphatic rings. The molecule has 0 saturated carbocycles. The molecule has 3 aromatic heterocycles. The van der Waals surface area contributed by atoms with E-state index < -0.39 is 0 Å². The lowest BCUT2D eigenvalue weighted by atomic mass is 10.3. The average molecular weight is 335 g/mol. The van der Waals surface area contributed by atoms with Gasteiger partial charge in [0, 0.05) is 29.3 Å². The Morgan fingerprint density at radius 1 is 0.571 bits per heavy atom. The molecule has 3 rings (SSSR count). The van der Waals surface area contributed by atoms with E-state index in [-0.39, 0.29) is 0 Å². The van der Waals surface area contributed by atoms with Gasteiger partial charge in [0.25, 0.3) is 0 Å². The summed E-state index contributed by atoms with van der Waals surface area (Å²) in [5.74, 6) is 0. The minimum absolute atomic E-state index is 0.717. The Balaban J connectivity index is 1.81. The second-order valence-corrected chi connectivity index (χ2v) is 8.19. The van der Waals surface area contributed by atoms with Crippen LogP contribution in [0.1, 0.15) is 9.75 Å². The van der Waals surface area contributed by atoms with Crippen LogP contribution >= 0.6 is 34.0 Å². The van der Waals surface area contributed by atoms with Gasteiger partial charge in [-0.2, -0.15) is 0 Å². The standard InChI is InChI=1S/C16H18N2S3/c17-9-7-11-1-3-13(19-11)15-5-6-16(21-15)14-4-2-12(20-14)8-10-18/h1-6H,7-10,17-18H2. The van der Waals surface area contributed by atoms with E-state index in [1.807, 2.05) is 34.0 Å². The molecular formula is C16H18N2S3. The Morgan fingerprint density at radius 2 is 0.952 bits per heavy atom. The van der Waals surface area contributed by atoms with Crippen LogP contribution in [0.5, 0.6) is 0 Å². The van der Waals surface area contributed by atoms with Crippen molar-refractivity contribution in [2.45, 2.75) is 12.8 Å². The second kappa shape index (κ2) is 6.85. The van der Waals surface area contributed by atoms with Gasteiger partial charge in [0.15, 0.2) is 0 Å². The fourth-order valence-corrected chi connectivity index (χ4v) is 5.41. The third kappa shape index (κ3) is 3.44. The minimum atomic E-state index is 0.717. The summed E-state index contributed by atoms with van der Waals surface area (Å²) in [6, 6.07) is 13.2. The summed E-state index contributed by atoms with van der Waals surface area (Å²) >= 11 is 5.56. The minimum Gasteiger partial charge on any atom is -0.330 e. The van der Waals surface area contributed by atoms with E-state index in [1.165, 1.54) is 29.3 Å². The molecule has 0 radical (unpaired) electrons. The maximum Gasteiger partial charge on any atom is 0.0449 e. The zero-order chi connectivity index (χ0) is 14.7. The van der Waals surface area contributed by atoms with Crippen molar-refractivity contribution in [3.63, 3.8) is 0 Å². The lowest BCUT2D eigenvalue weighted by Gasteiger charge is -1.92. The molecule has 0 aliphatic heterocycles. The number of thiophene rings is 3. The fourth-order valence-electron chi connectivity index (χ4n) is 2.18. The van der Waals surface area contributed by atoms with Crippen LogP contribution < -0.4 is 11.5 Å². The first-order chi connectivity index (χ1) is 10.3. The summed E-state index contributed by atoms with van der Waals surface area (Å²) in [5.41, 5.74) is 11.2. The van der Waals surface area contributed by atoms with Gasteiger partial charge in [0.2, 0.25) is 0 Å². The molecule has 2 nitrogen and oxygen atoms in total. The molecule has 0 bridgehead atoms. The molecule has 5 heteroatoms.